The lowest BCUT2D eigenvalue weighted by Gasteiger charge is -2.43. The summed E-state index contributed by atoms with van der Waals surface area (Å²) in [7, 11) is -3.62. The Labute approximate surface area is 152 Å². The summed E-state index contributed by atoms with van der Waals surface area (Å²) in [5, 5.41) is 0.407. The van der Waals surface area contributed by atoms with Crippen molar-refractivity contribution in [2.45, 2.75) is 103 Å². The third kappa shape index (κ3) is 5.32. The van der Waals surface area contributed by atoms with Crippen molar-refractivity contribution in [2.75, 3.05) is 0 Å². The molecule has 0 saturated carbocycles. The van der Waals surface area contributed by atoms with Gasteiger partial charge in [-0.15, -0.1) is 6.42 Å². The Balaban J connectivity index is 2.93. The van der Waals surface area contributed by atoms with Crippen LogP contribution in [0, 0.1) is 12.3 Å². The Hall–Kier alpha value is -0.346. The van der Waals surface area contributed by atoms with Crippen LogP contribution in [0.3, 0.4) is 0 Å². The van der Waals surface area contributed by atoms with Crippen molar-refractivity contribution >= 4 is 16.6 Å². The fourth-order valence-electron chi connectivity index (χ4n) is 2.38. The Morgan fingerprint density at radius 2 is 1.42 bits per heavy atom. The Morgan fingerprint density at radius 3 is 1.83 bits per heavy atom. The van der Waals surface area contributed by atoms with Crippen molar-refractivity contribution < 1.29 is 8.85 Å². The number of terminal acetylenes is 1. The van der Waals surface area contributed by atoms with Crippen LogP contribution in [0.25, 0.3) is 0 Å². The summed E-state index contributed by atoms with van der Waals surface area (Å²) < 4.78 is 13.3. The van der Waals surface area contributed by atoms with Crippen molar-refractivity contribution in [1.82, 2.24) is 0 Å². The first-order valence-corrected chi connectivity index (χ1v) is 14.9. The smallest absolute Gasteiger partial charge is 0.192 e. The molecule has 0 radical (unpaired) electrons. The highest BCUT2D eigenvalue weighted by Crippen LogP contribution is 2.41. The minimum absolute atomic E-state index is 0.0838. The van der Waals surface area contributed by atoms with E-state index in [4.69, 9.17) is 15.3 Å². The van der Waals surface area contributed by atoms with E-state index in [1.807, 2.05) is 0 Å². The lowest BCUT2D eigenvalue weighted by molar-refractivity contribution is 0.106. The average molecular weight is 367 g/mol. The quantitative estimate of drug-likeness (QED) is 0.441. The van der Waals surface area contributed by atoms with E-state index in [1.165, 1.54) is 0 Å². The molecule has 1 aliphatic rings. The summed E-state index contributed by atoms with van der Waals surface area (Å²) in [6.45, 7) is 22.9. The van der Waals surface area contributed by atoms with E-state index in [0.717, 1.165) is 18.4 Å². The van der Waals surface area contributed by atoms with Gasteiger partial charge >= 0.3 is 0 Å². The van der Waals surface area contributed by atoms with Crippen LogP contribution in [0.2, 0.25) is 36.3 Å². The molecule has 0 saturated heterocycles. The van der Waals surface area contributed by atoms with Crippen molar-refractivity contribution in [1.29, 1.82) is 0 Å². The Bertz CT molecular complexity index is 513. The number of hydrogen-bond donors (Lipinski definition) is 0. The molecule has 1 rings (SSSR count). The first kappa shape index (κ1) is 21.7. The van der Waals surface area contributed by atoms with Gasteiger partial charge < -0.3 is 8.85 Å². The fraction of sp³-hybridized carbons (Fsp3) is 0.800. The molecule has 0 heterocycles. The van der Waals surface area contributed by atoms with Gasteiger partial charge in [-0.1, -0.05) is 47.5 Å². The van der Waals surface area contributed by atoms with E-state index in [-0.39, 0.29) is 22.3 Å². The number of rotatable bonds is 4. The minimum Gasteiger partial charge on any atom is -0.413 e. The highest BCUT2D eigenvalue weighted by atomic mass is 28.4. The van der Waals surface area contributed by atoms with E-state index in [0.29, 0.717) is 0 Å². The molecule has 4 heteroatoms. The second kappa shape index (κ2) is 7.11. The van der Waals surface area contributed by atoms with Gasteiger partial charge in [0.15, 0.2) is 16.6 Å². The molecule has 0 fully saturated rings. The van der Waals surface area contributed by atoms with E-state index >= 15 is 0 Å². The van der Waals surface area contributed by atoms with Crippen molar-refractivity contribution in [3.63, 3.8) is 0 Å². The zero-order valence-corrected chi connectivity index (χ0v) is 19.5. The minimum atomic E-state index is -1.82. The summed E-state index contributed by atoms with van der Waals surface area (Å²) in [5.74, 6) is 2.84. The maximum absolute atomic E-state index is 6.64. The normalized spacial score (nSPS) is 23.6. The van der Waals surface area contributed by atoms with Crippen LogP contribution in [0.15, 0.2) is 11.6 Å². The summed E-state index contributed by atoms with van der Waals surface area (Å²) >= 11 is 0. The summed E-state index contributed by atoms with van der Waals surface area (Å²) in [4.78, 5) is 0. The number of hydrogen-bond acceptors (Lipinski definition) is 2. The Kier molecular flexibility index (Phi) is 6.43. The van der Waals surface area contributed by atoms with Crippen LogP contribution >= 0.6 is 0 Å². The molecule has 0 aromatic carbocycles. The Morgan fingerprint density at radius 1 is 0.958 bits per heavy atom. The molecule has 138 valence electrons. The third-order valence-corrected chi connectivity index (χ3v) is 15.1. The summed E-state index contributed by atoms with van der Waals surface area (Å²) in [5.41, 5.74) is 1.04. The van der Waals surface area contributed by atoms with Gasteiger partial charge in [0.05, 0.1) is 12.2 Å². The zero-order valence-electron chi connectivity index (χ0n) is 17.5. The lowest BCUT2D eigenvalue weighted by atomic mass is 9.95. The summed E-state index contributed by atoms with van der Waals surface area (Å²) in [6, 6.07) is 0. The standard InChI is InChI=1S/C20H38O2Si2/c1-12-16-13-17(21-23(8,9)19(2,3)4)15-18(14-16)22-24(10,11)20(5,6)7/h1,13,17-18H,14-15H2,2-11H3/t17-,18-/m0/s1. The SMILES string of the molecule is C#CC1=C[C@H](O[Si](C)(C)C(C)(C)C)C[C@@H](O[Si](C)(C)C(C)(C)C)C1. The molecule has 0 aromatic heterocycles. The lowest BCUT2D eigenvalue weighted by Crippen LogP contribution is -2.48. The molecule has 0 amide bonds. The topological polar surface area (TPSA) is 18.5 Å². The van der Waals surface area contributed by atoms with Gasteiger partial charge in [0.25, 0.3) is 0 Å². The molecule has 0 unspecified atom stereocenters. The molecule has 0 N–H and O–H groups in total. The van der Waals surface area contributed by atoms with Crippen molar-refractivity contribution in [3.8, 4) is 12.3 Å². The zero-order chi connectivity index (χ0) is 19.0. The molecule has 0 aromatic rings. The molecule has 0 bridgehead atoms. The van der Waals surface area contributed by atoms with Crippen molar-refractivity contribution in [3.05, 3.63) is 11.6 Å². The fourth-order valence-corrected chi connectivity index (χ4v) is 5.02. The highest BCUT2D eigenvalue weighted by Gasteiger charge is 2.42. The van der Waals surface area contributed by atoms with Crippen LogP contribution < -0.4 is 0 Å². The predicted molar refractivity (Wildman–Crippen MR) is 110 cm³/mol. The van der Waals surface area contributed by atoms with Crippen molar-refractivity contribution in [2.24, 2.45) is 0 Å². The van der Waals surface area contributed by atoms with Gasteiger partial charge in [0.2, 0.25) is 0 Å². The molecular formula is C20H38O2Si2. The van der Waals surface area contributed by atoms with Gasteiger partial charge in [-0.05, 0) is 42.3 Å². The largest absolute Gasteiger partial charge is 0.413 e. The molecule has 2 atom stereocenters. The molecule has 1 aliphatic carbocycles. The highest BCUT2D eigenvalue weighted by molar-refractivity contribution is 6.74. The van der Waals surface area contributed by atoms with E-state index in [9.17, 15) is 0 Å². The summed E-state index contributed by atoms with van der Waals surface area (Å²) in [6.07, 6.45) is 9.91. The van der Waals surface area contributed by atoms with Gasteiger partial charge in [0.1, 0.15) is 0 Å². The second-order valence-corrected chi connectivity index (χ2v) is 19.7. The molecular weight excluding hydrogens is 328 g/mol. The first-order chi connectivity index (χ1) is 10.6. The van der Waals surface area contributed by atoms with Crippen LogP contribution in [-0.2, 0) is 8.85 Å². The second-order valence-electron chi connectivity index (χ2n) is 10.2. The van der Waals surface area contributed by atoms with Crippen LogP contribution in [-0.4, -0.2) is 28.8 Å². The average Bonchev–Trinajstić information content (AvgIpc) is 2.34. The molecule has 2 nitrogen and oxygen atoms in total. The van der Waals surface area contributed by atoms with Crippen LogP contribution in [0.4, 0.5) is 0 Å². The predicted octanol–water partition coefficient (Wildman–Crippen LogP) is 6.12. The van der Waals surface area contributed by atoms with Crippen LogP contribution in [0.5, 0.6) is 0 Å². The van der Waals surface area contributed by atoms with E-state index in [2.05, 4.69) is 79.7 Å². The van der Waals surface area contributed by atoms with Crippen LogP contribution in [0.1, 0.15) is 54.4 Å². The van der Waals surface area contributed by atoms with Gasteiger partial charge in [-0.3, -0.25) is 0 Å². The third-order valence-electron chi connectivity index (χ3n) is 6.03. The van der Waals surface area contributed by atoms with E-state index < -0.39 is 16.6 Å². The monoisotopic (exact) mass is 366 g/mol. The molecule has 24 heavy (non-hydrogen) atoms. The van der Waals surface area contributed by atoms with Gasteiger partial charge in [-0.25, -0.2) is 0 Å². The maximum Gasteiger partial charge on any atom is 0.192 e. The van der Waals surface area contributed by atoms with E-state index in [1.54, 1.807) is 0 Å². The van der Waals surface area contributed by atoms with Gasteiger partial charge in [0, 0.05) is 18.4 Å². The molecule has 0 aliphatic heterocycles. The van der Waals surface area contributed by atoms with Gasteiger partial charge in [-0.2, -0.15) is 0 Å². The first-order valence-electron chi connectivity index (χ1n) is 9.12. The maximum atomic E-state index is 6.64. The molecule has 0 spiro atoms.